The Bertz CT molecular complexity index is 2050. The van der Waals surface area contributed by atoms with E-state index in [1.165, 1.54) is 24.4 Å². The third-order valence-electron chi connectivity index (χ3n) is 8.74. The number of aromatic amines is 1. The highest BCUT2D eigenvalue weighted by molar-refractivity contribution is 6.19. The molecule has 3 aromatic carbocycles. The molecule has 274 valence electrons. The lowest BCUT2D eigenvalue weighted by atomic mass is 9.92. The summed E-state index contributed by atoms with van der Waals surface area (Å²) in [4.78, 5) is 36.1. The number of rotatable bonds is 17. The molecule has 0 bridgehead atoms. The summed E-state index contributed by atoms with van der Waals surface area (Å²) in [5, 5.41) is 26.4. The van der Waals surface area contributed by atoms with Crippen LogP contribution in [0.4, 0.5) is 11.4 Å². The Kier molecular flexibility index (Phi) is 12.1. The standard InChI is InChI=1S/C38H41ClN4O9/c1-23-4-3-5-28-31(44)19-30-35(34(23)28)26(20-39)22-43(30)38(47)29-17-25-16-27(21-40-36(25)42-29)41-37(46)24-6-7-33(32(45)18-24)52-15-14-51-13-12-50-11-10-49-9-8-48-2/h3-7,16-19,21,26,44-45H,8-15,20,22H2,1-2H3,(H,40,42)(H,41,46)/t26-/m1/s1. The normalized spacial score (nSPS) is 13.9. The third-order valence-corrected chi connectivity index (χ3v) is 9.11. The molecule has 1 aliphatic rings. The van der Waals surface area contributed by atoms with Gasteiger partial charge >= 0.3 is 0 Å². The average molecular weight is 733 g/mol. The minimum atomic E-state index is -0.467. The van der Waals surface area contributed by atoms with E-state index in [9.17, 15) is 19.8 Å². The number of benzene rings is 3. The highest BCUT2D eigenvalue weighted by Crippen LogP contribution is 2.46. The molecule has 13 nitrogen and oxygen atoms in total. The van der Waals surface area contributed by atoms with Crippen LogP contribution in [-0.2, 0) is 18.9 Å². The number of H-pyrrole nitrogens is 1. The highest BCUT2D eigenvalue weighted by Gasteiger charge is 2.36. The van der Waals surface area contributed by atoms with Crippen molar-refractivity contribution in [2.75, 3.05) is 82.6 Å². The number of hydrogen-bond acceptors (Lipinski definition) is 10. The van der Waals surface area contributed by atoms with Crippen LogP contribution in [0.25, 0.3) is 21.8 Å². The number of amides is 2. The van der Waals surface area contributed by atoms with Gasteiger partial charge in [0.05, 0.1) is 63.8 Å². The number of phenolic OH excluding ortho intramolecular Hbond substituents is 2. The number of hydrogen-bond donors (Lipinski definition) is 4. The van der Waals surface area contributed by atoms with Crippen LogP contribution in [0.1, 0.15) is 37.9 Å². The number of fused-ring (bicyclic) bond motifs is 4. The molecule has 3 heterocycles. The molecule has 0 radical (unpaired) electrons. The predicted octanol–water partition coefficient (Wildman–Crippen LogP) is 5.75. The average Bonchev–Trinajstić information content (AvgIpc) is 3.74. The number of phenols is 2. The topological polar surface area (TPSA) is 165 Å². The van der Waals surface area contributed by atoms with Gasteiger partial charge in [-0.15, -0.1) is 11.6 Å². The Morgan fingerprint density at radius 1 is 0.942 bits per heavy atom. The van der Waals surface area contributed by atoms with E-state index in [4.69, 9.17) is 35.3 Å². The second-order valence-electron chi connectivity index (χ2n) is 12.3. The Hall–Kier alpha value is -4.92. The number of nitrogens with one attached hydrogen (secondary N) is 2. The van der Waals surface area contributed by atoms with Crippen molar-refractivity contribution in [1.29, 1.82) is 0 Å². The second-order valence-corrected chi connectivity index (χ2v) is 12.6. The minimum absolute atomic E-state index is 0.0963. The molecule has 1 atom stereocenters. The van der Waals surface area contributed by atoms with E-state index in [1.807, 2.05) is 25.1 Å². The van der Waals surface area contributed by atoms with Gasteiger partial charge in [-0.05, 0) is 53.8 Å². The molecule has 14 heteroatoms. The van der Waals surface area contributed by atoms with Crippen molar-refractivity contribution in [3.05, 3.63) is 83.2 Å². The Morgan fingerprint density at radius 2 is 1.67 bits per heavy atom. The van der Waals surface area contributed by atoms with E-state index >= 15 is 0 Å². The van der Waals surface area contributed by atoms with Crippen LogP contribution >= 0.6 is 11.6 Å². The molecule has 0 spiro atoms. The molecule has 0 saturated heterocycles. The maximum Gasteiger partial charge on any atom is 0.274 e. The molecule has 0 fully saturated rings. The van der Waals surface area contributed by atoms with Crippen molar-refractivity contribution in [3.8, 4) is 17.2 Å². The maximum absolute atomic E-state index is 13.9. The fourth-order valence-electron chi connectivity index (χ4n) is 6.24. The van der Waals surface area contributed by atoms with Crippen molar-refractivity contribution in [3.63, 3.8) is 0 Å². The zero-order valence-corrected chi connectivity index (χ0v) is 29.7. The Morgan fingerprint density at radius 3 is 2.38 bits per heavy atom. The van der Waals surface area contributed by atoms with Crippen LogP contribution in [0.5, 0.6) is 17.2 Å². The summed E-state index contributed by atoms with van der Waals surface area (Å²) < 4.78 is 26.7. The van der Waals surface area contributed by atoms with Crippen molar-refractivity contribution < 1.29 is 43.5 Å². The number of alkyl halides is 1. The fourth-order valence-corrected chi connectivity index (χ4v) is 6.49. The number of methoxy groups -OCH3 is 1. The van der Waals surface area contributed by atoms with Gasteiger partial charge in [0.25, 0.3) is 11.8 Å². The smallest absolute Gasteiger partial charge is 0.274 e. The van der Waals surface area contributed by atoms with Gasteiger partial charge in [0.15, 0.2) is 11.5 Å². The van der Waals surface area contributed by atoms with Gasteiger partial charge < -0.3 is 49.1 Å². The number of carbonyl (C=O) groups is 2. The fraction of sp³-hybridized carbons (Fsp3) is 0.342. The van der Waals surface area contributed by atoms with Gasteiger partial charge in [-0.3, -0.25) is 9.59 Å². The minimum Gasteiger partial charge on any atom is -0.507 e. The van der Waals surface area contributed by atoms with Crippen molar-refractivity contribution >= 4 is 56.6 Å². The molecule has 52 heavy (non-hydrogen) atoms. The van der Waals surface area contributed by atoms with E-state index < -0.39 is 5.91 Å². The molecular formula is C38H41ClN4O9. The van der Waals surface area contributed by atoms with Crippen molar-refractivity contribution in [2.45, 2.75) is 12.8 Å². The number of nitrogens with zero attached hydrogens (tertiary/aromatic N) is 2. The zero-order valence-electron chi connectivity index (χ0n) is 28.9. The van der Waals surface area contributed by atoms with Crippen LogP contribution in [0.3, 0.4) is 0 Å². The van der Waals surface area contributed by atoms with Crippen molar-refractivity contribution in [2.24, 2.45) is 0 Å². The summed E-state index contributed by atoms with van der Waals surface area (Å²) in [6.07, 6.45) is 1.48. The van der Waals surface area contributed by atoms with Crippen LogP contribution in [-0.4, -0.2) is 104 Å². The number of carbonyl (C=O) groups excluding carboxylic acids is 2. The molecular weight excluding hydrogens is 692 g/mol. The van der Waals surface area contributed by atoms with E-state index in [2.05, 4.69) is 15.3 Å². The Labute approximate surface area is 305 Å². The lowest BCUT2D eigenvalue weighted by Gasteiger charge is -2.18. The van der Waals surface area contributed by atoms with Gasteiger partial charge in [0.2, 0.25) is 0 Å². The lowest BCUT2D eigenvalue weighted by molar-refractivity contribution is 0.0000850. The SMILES string of the molecule is COCCOCCOCCOCCOc1ccc(C(=O)Nc2cnc3[nH]c(C(=O)N4C[C@@H](CCl)c5c4cc(O)c4cccc(C)c54)cc3c2)cc1O. The van der Waals surface area contributed by atoms with E-state index in [-0.39, 0.29) is 47.9 Å². The summed E-state index contributed by atoms with van der Waals surface area (Å²) in [6.45, 7) is 5.65. The third kappa shape index (κ3) is 8.24. The molecule has 0 unspecified atom stereocenters. The molecule has 2 aromatic heterocycles. The van der Waals surface area contributed by atoms with E-state index in [1.54, 1.807) is 30.2 Å². The van der Waals surface area contributed by atoms with Gasteiger partial charge in [-0.1, -0.05) is 18.2 Å². The first-order valence-electron chi connectivity index (χ1n) is 16.9. The number of pyridine rings is 1. The highest BCUT2D eigenvalue weighted by atomic mass is 35.5. The monoisotopic (exact) mass is 732 g/mol. The summed E-state index contributed by atoms with van der Waals surface area (Å²) in [5.74, 6) is -0.434. The quantitative estimate of drug-likeness (QED) is 0.0684. The van der Waals surface area contributed by atoms with Crippen LogP contribution in [0.2, 0.25) is 0 Å². The summed E-state index contributed by atoms with van der Waals surface area (Å²) in [6, 6.07) is 15.1. The summed E-state index contributed by atoms with van der Waals surface area (Å²) in [5.41, 5.74) is 3.94. The van der Waals surface area contributed by atoms with Crippen LogP contribution < -0.4 is 15.0 Å². The van der Waals surface area contributed by atoms with Gasteiger partial charge in [0.1, 0.15) is 23.7 Å². The largest absolute Gasteiger partial charge is 0.507 e. The molecule has 6 rings (SSSR count). The number of halogens is 1. The van der Waals surface area contributed by atoms with Gasteiger partial charge in [-0.25, -0.2) is 4.98 Å². The number of ether oxygens (including phenoxy) is 5. The molecule has 4 N–H and O–H groups in total. The zero-order chi connectivity index (χ0) is 36.6. The van der Waals surface area contributed by atoms with E-state index in [0.29, 0.717) is 80.2 Å². The maximum atomic E-state index is 13.9. The van der Waals surface area contributed by atoms with E-state index in [0.717, 1.165) is 21.9 Å². The van der Waals surface area contributed by atoms with Crippen molar-refractivity contribution in [1.82, 2.24) is 9.97 Å². The van der Waals surface area contributed by atoms with Gasteiger partial charge in [0, 0.05) is 47.9 Å². The predicted molar refractivity (Wildman–Crippen MR) is 197 cm³/mol. The second kappa shape index (κ2) is 17.1. The molecule has 1 aliphatic heterocycles. The van der Waals surface area contributed by atoms with Crippen LogP contribution in [0.15, 0.2) is 60.8 Å². The Balaban J connectivity index is 1.04. The summed E-state index contributed by atoms with van der Waals surface area (Å²) in [7, 11) is 1.62. The number of aromatic hydroxyl groups is 2. The molecule has 2 amide bonds. The first-order chi connectivity index (χ1) is 25.3. The molecule has 0 saturated carbocycles. The van der Waals surface area contributed by atoms with Crippen LogP contribution in [0, 0.1) is 6.92 Å². The number of aryl methyl sites for hydroxylation is 1. The molecule has 5 aromatic rings. The van der Waals surface area contributed by atoms with Gasteiger partial charge in [-0.2, -0.15) is 0 Å². The number of anilines is 2. The first kappa shape index (κ1) is 36.9. The number of aromatic nitrogens is 2. The first-order valence-corrected chi connectivity index (χ1v) is 17.4. The summed E-state index contributed by atoms with van der Waals surface area (Å²) >= 11 is 6.40. The lowest BCUT2D eigenvalue weighted by Crippen LogP contribution is -2.30. The molecule has 0 aliphatic carbocycles.